The fraction of sp³-hybridized carbons (Fsp3) is 0.211. The van der Waals surface area contributed by atoms with Crippen LogP contribution in [0.4, 0.5) is 23.1 Å². The van der Waals surface area contributed by atoms with Gasteiger partial charge in [0.05, 0.1) is 27.5 Å². The molecule has 1 heterocycles. The van der Waals surface area contributed by atoms with E-state index in [0.29, 0.717) is 34.7 Å². The molecule has 0 aliphatic heterocycles. The second kappa shape index (κ2) is 8.22. The maximum absolute atomic E-state index is 5.37. The van der Waals surface area contributed by atoms with Gasteiger partial charge in [0.2, 0.25) is 11.7 Å². The van der Waals surface area contributed by atoms with E-state index in [0.717, 1.165) is 5.69 Å². The number of methoxy groups -OCH3 is 3. The maximum atomic E-state index is 5.37. The first-order valence-electron chi connectivity index (χ1n) is 8.21. The summed E-state index contributed by atoms with van der Waals surface area (Å²) in [5.41, 5.74) is 1.68. The minimum absolute atomic E-state index is 0.351. The predicted octanol–water partition coefficient (Wildman–Crippen LogP) is 3.41. The quantitative estimate of drug-likeness (QED) is 0.680. The van der Waals surface area contributed by atoms with Crippen molar-refractivity contribution >= 4 is 23.1 Å². The van der Waals surface area contributed by atoms with Crippen molar-refractivity contribution in [2.45, 2.75) is 0 Å². The normalized spacial score (nSPS) is 10.2. The predicted molar refractivity (Wildman–Crippen MR) is 104 cm³/mol. The summed E-state index contributed by atoms with van der Waals surface area (Å²) in [6.45, 7) is 0. The van der Waals surface area contributed by atoms with Crippen molar-refractivity contribution in [3.8, 4) is 17.2 Å². The highest BCUT2D eigenvalue weighted by Gasteiger charge is 2.14. The van der Waals surface area contributed by atoms with Crippen molar-refractivity contribution < 1.29 is 14.2 Å². The molecule has 8 heteroatoms. The Kier molecular flexibility index (Phi) is 5.55. The van der Waals surface area contributed by atoms with Crippen LogP contribution in [-0.2, 0) is 0 Å². The monoisotopic (exact) mass is 367 g/mol. The molecule has 0 fully saturated rings. The van der Waals surface area contributed by atoms with Crippen LogP contribution < -0.4 is 24.4 Å². The second-order valence-corrected chi connectivity index (χ2v) is 5.57. The standard InChI is InChI=1S/C19H21N5O3/c1-24(14-8-6-5-7-9-14)17-12-20-23-19(22-17)21-13-10-15(25-2)18(27-4)16(11-13)26-3/h5-12H,1-4H3,(H,21,22,23). The molecule has 8 nitrogen and oxygen atoms in total. The van der Waals surface area contributed by atoms with E-state index in [-0.39, 0.29) is 0 Å². The number of anilines is 4. The van der Waals surface area contributed by atoms with Crippen LogP contribution in [-0.4, -0.2) is 43.6 Å². The van der Waals surface area contributed by atoms with Crippen molar-refractivity contribution in [3.63, 3.8) is 0 Å². The lowest BCUT2D eigenvalue weighted by Crippen LogP contribution is -2.13. The summed E-state index contributed by atoms with van der Waals surface area (Å²) in [6.07, 6.45) is 1.60. The highest BCUT2D eigenvalue weighted by atomic mass is 16.5. The van der Waals surface area contributed by atoms with Crippen LogP contribution in [0.1, 0.15) is 0 Å². The van der Waals surface area contributed by atoms with Gasteiger partial charge in [-0.1, -0.05) is 18.2 Å². The summed E-state index contributed by atoms with van der Waals surface area (Å²) < 4.78 is 16.1. The summed E-state index contributed by atoms with van der Waals surface area (Å²) >= 11 is 0. The molecular weight excluding hydrogens is 346 g/mol. The fourth-order valence-corrected chi connectivity index (χ4v) is 2.58. The summed E-state index contributed by atoms with van der Waals surface area (Å²) in [5, 5.41) is 11.2. The molecule has 140 valence electrons. The van der Waals surface area contributed by atoms with Crippen LogP contribution in [0.3, 0.4) is 0 Å². The number of hydrogen-bond donors (Lipinski definition) is 1. The third-order valence-corrected chi connectivity index (χ3v) is 3.95. The van der Waals surface area contributed by atoms with Gasteiger partial charge in [-0.2, -0.15) is 10.1 Å². The summed E-state index contributed by atoms with van der Waals surface area (Å²) in [6, 6.07) is 13.4. The number of nitrogens with zero attached hydrogens (tertiary/aromatic N) is 4. The van der Waals surface area contributed by atoms with Gasteiger partial charge in [0.1, 0.15) is 0 Å². The Bertz CT molecular complexity index is 880. The van der Waals surface area contributed by atoms with Gasteiger partial charge in [-0.15, -0.1) is 5.10 Å². The largest absolute Gasteiger partial charge is 0.493 e. The van der Waals surface area contributed by atoms with Crippen molar-refractivity contribution in [2.75, 3.05) is 38.6 Å². The third kappa shape index (κ3) is 4.00. The van der Waals surface area contributed by atoms with Crippen molar-refractivity contribution in [2.24, 2.45) is 0 Å². The van der Waals surface area contributed by atoms with E-state index in [1.54, 1.807) is 39.7 Å². The second-order valence-electron chi connectivity index (χ2n) is 5.57. The zero-order valence-corrected chi connectivity index (χ0v) is 15.6. The molecule has 27 heavy (non-hydrogen) atoms. The molecule has 3 rings (SSSR count). The zero-order valence-electron chi connectivity index (χ0n) is 15.6. The molecule has 1 N–H and O–H groups in total. The molecule has 1 aromatic heterocycles. The first-order chi connectivity index (χ1) is 13.2. The topological polar surface area (TPSA) is 81.6 Å². The summed E-state index contributed by atoms with van der Waals surface area (Å²) in [7, 11) is 6.61. The smallest absolute Gasteiger partial charge is 0.249 e. The molecule has 0 saturated heterocycles. The number of rotatable bonds is 7. The van der Waals surface area contributed by atoms with Crippen LogP contribution in [0.15, 0.2) is 48.7 Å². The summed E-state index contributed by atoms with van der Waals surface area (Å²) in [4.78, 5) is 6.45. The molecule has 0 aliphatic rings. The lowest BCUT2D eigenvalue weighted by molar-refractivity contribution is 0.324. The van der Waals surface area contributed by atoms with Gasteiger partial charge in [-0.25, -0.2) is 0 Å². The number of hydrogen-bond acceptors (Lipinski definition) is 8. The molecule has 0 aliphatic carbocycles. The van der Waals surface area contributed by atoms with Gasteiger partial charge in [0, 0.05) is 30.6 Å². The van der Waals surface area contributed by atoms with Gasteiger partial charge < -0.3 is 24.4 Å². The molecule has 0 unspecified atom stereocenters. The summed E-state index contributed by atoms with van der Waals surface area (Å²) in [5.74, 6) is 2.59. The van der Waals surface area contributed by atoms with Crippen molar-refractivity contribution in [3.05, 3.63) is 48.7 Å². The van der Waals surface area contributed by atoms with Gasteiger partial charge in [-0.3, -0.25) is 0 Å². The van der Waals surface area contributed by atoms with E-state index in [1.807, 2.05) is 42.3 Å². The van der Waals surface area contributed by atoms with E-state index in [2.05, 4.69) is 20.5 Å². The minimum atomic E-state index is 0.351. The average molecular weight is 367 g/mol. The number of benzene rings is 2. The van der Waals surface area contributed by atoms with Crippen LogP contribution in [0.25, 0.3) is 0 Å². The van der Waals surface area contributed by atoms with Crippen LogP contribution in [0.2, 0.25) is 0 Å². The Morgan fingerprint density at radius 2 is 1.59 bits per heavy atom. The van der Waals surface area contributed by atoms with E-state index < -0.39 is 0 Å². The molecule has 0 amide bonds. The Morgan fingerprint density at radius 1 is 0.926 bits per heavy atom. The van der Waals surface area contributed by atoms with Gasteiger partial charge >= 0.3 is 0 Å². The average Bonchev–Trinajstić information content (AvgIpc) is 2.73. The van der Waals surface area contributed by atoms with Crippen LogP contribution >= 0.6 is 0 Å². The van der Waals surface area contributed by atoms with Gasteiger partial charge in [0.15, 0.2) is 17.3 Å². The Balaban J connectivity index is 1.88. The Labute approximate surface area is 157 Å². The van der Waals surface area contributed by atoms with Crippen molar-refractivity contribution in [1.82, 2.24) is 15.2 Å². The molecular formula is C19H21N5O3. The number of para-hydroxylation sites is 1. The highest BCUT2D eigenvalue weighted by Crippen LogP contribution is 2.40. The van der Waals surface area contributed by atoms with E-state index in [9.17, 15) is 0 Å². The minimum Gasteiger partial charge on any atom is -0.493 e. The van der Waals surface area contributed by atoms with E-state index in [4.69, 9.17) is 14.2 Å². The molecule has 0 saturated carbocycles. The van der Waals surface area contributed by atoms with Gasteiger partial charge in [-0.05, 0) is 12.1 Å². The first kappa shape index (κ1) is 18.2. The number of ether oxygens (including phenoxy) is 3. The maximum Gasteiger partial charge on any atom is 0.249 e. The first-order valence-corrected chi connectivity index (χ1v) is 8.21. The van der Waals surface area contributed by atoms with Crippen LogP contribution in [0.5, 0.6) is 17.2 Å². The van der Waals surface area contributed by atoms with Crippen LogP contribution in [0, 0.1) is 0 Å². The van der Waals surface area contributed by atoms with E-state index >= 15 is 0 Å². The van der Waals surface area contributed by atoms with E-state index in [1.165, 1.54) is 0 Å². The molecule has 3 aromatic rings. The third-order valence-electron chi connectivity index (χ3n) is 3.95. The highest BCUT2D eigenvalue weighted by molar-refractivity contribution is 5.66. The zero-order chi connectivity index (χ0) is 19.2. The molecule has 0 atom stereocenters. The Hall–Kier alpha value is -3.55. The molecule has 0 spiro atoms. The lowest BCUT2D eigenvalue weighted by atomic mass is 10.2. The molecule has 2 aromatic carbocycles. The van der Waals surface area contributed by atoms with Gasteiger partial charge in [0.25, 0.3) is 0 Å². The number of aromatic nitrogens is 3. The Morgan fingerprint density at radius 3 is 2.19 bits per heavy atom. The molecule has 0 radical (unpaired) electrons. The lowest BCUT2D eigenvalue weighted by Gasteiger charge is -2.18. The SMILES string of the molecule is COc1cc(Nc2nncc(N(C)c3ccccc3)n2)cc(OC)c1OC. The number of nitrogens with one attached hydrogen (secondary N) is 1. The fourth-order valence-electron chi connectivity index (χ4n) is 2.58. The van der Waals surface area contributed by atoms with Crippen molar-refractivity contribution in [1.29, 1.82) is 0 Å². The molecule has 0 bridgehead atoms.